The molecular formula is C19H19F2N5O2. The van der Waals surface area contributed by atoms with Gasteiger partial charge in [0.15, 0.2) is 17.1 Å². The summed E-state index contributed by atoms with van der Waals surface area (Å²) in [4.78, 5) is 25.5. The first-order valence-corrected chi connectivity index (χ1v) is 8.84. The van der Waals surface area contributed by atoms with Gasteiger partial charge in [0.1, 0.15) is 11.2 Å². The van der Waals surface area contributed by atoms with Gasteiger partial charge in [-0.3, -0.25) is 4.79 Å². The quantitative estimate of drug-likeness (QED) is 0.694. The van der Waals surface area contributed by atoms with Gasteiger partial charge in [0.05, 0.1) is 12.2 Å². The monoisotopic (exact) mass is 387 g/mol. The number of aromatic nitrogens is 5. The highest BCUT2D eigenvalue weighted by molar-refractivity contribution is 5.75. The summed E-state index contributed by atoms with van der Waals surface area (Å²) in [6, 6.07) is 3.29. The highest BCUT2D eigenvalue weighted by Gasteiger charge is 2.54. The molecule has 1 unspecified atom stereocenters. The van der Waals surface area contributed by atoms with Crippen molar-refractivity contribution in [2.75, 3.05) is 0 Å². The number of aliphatic hydroxyl groups is 1. The van der Waals surface area contributed by atoms with Gasteiger partial charge in [0.2, 0.25) is 0 Å². The van der Waals surface area contributed by atoms with Crippen molar-refractivity contribution in [2.24, 2.45) is 0 Å². The van der Waals surface area contributed by atoms with Crippen LogP contribution in [0, 0.1) is 6.92 Å². The van der Waals surface area contributed by atoms with Crippen LogP contribution >= 0.6 is 0 Å². The summed E-state index contributed by atoms with van der Waals surface area (Å²) in [7, 11) is 0. The largest absolute Gasteiger partial charge is 0.377 e. The zero-order valence-corrected chi connectivity index (χ0v) is 15.5. The lowest BCUT2D eigenvalue weighted by Crippen LogP contribution is -2.42. The molecule has 0 amide bonds. The van der Waals surface area contributed by atoms with Crippen LogP contribution in [-0.4, -0.2) is 35.3 Å². The molecule has 0 bridgehead atoms. The van der Waals surface area contributed by atoms with Crippen molar-refractivity contribution in [1.29, 1.82) is 0 Å². The van der Waals surface area contributed by atoms with Gasteiger partial charge in [-0.1, -0.05) is 12.1 Å². The molecule has 3 aromatic rings. The molecule has 146 valence electrons. The zero-order chi connectivity index (χ0) is 20.3. The molecule has 1 atom stereocenters. The third-order valence-corrected chi connectivity index (χ3v) is 5.15. The minimum atomic E-state index is -3.36. The molecule has 28 heavy (non-hydrogen) atoms. The Hall–Kier alpha value is -2.94. The molecular weight excluding hydrogens is 368 g/mol. The second kappa shape index (κ2) is 6.03. The van der Waals surface area contributed by atoms with Crippen LogP contribution in [0.1, 0.15) is 30.4 Å². The fourth-order valence-electron chi connectivity index (χ4n) is 3.65. The summed E-state index contributed by atoms with van der Waals surface area (Å²) in [5.74, 6) is -2.69. The van der Waals surface area contributed by atoms with E-state index < -0.39 is 11.5 Å². The van der Waals surface area contributed by atoms with E-state index in [4.69, 9.17) is 0 Å². The molecule has 0 radical (unpaired) electrons. The number of pyridine rings is 1. The minimum Gasteiger partial charge on any atom is -0.377 e. The maximum Gasteiger partial charge on any atom is 0.279 e. The predicted octanol–water partition coefficient (Wildman–Crippen LogP) is 2.26. The van der Waals surface area contributed by atoms with E-state index in [-0.39, 0.29) is 35.4 Å². The van der Waals surface area contributed by atoms with E-state index >= 15 is 0 Å². The van der Waals surface area contributed by atoms with Gasteiger partial charge in [-0.25, -0.2) is 33.1 Å². The molecule has 4 rings (SSSR count). The summed E-state index contributed by atoms with van der Waals surface area (Å²) in [5.41, 5.74) is -1.88. The molecule has 0 aromatic carbocycles. The van der Waals surface area contributed by atoms with Crippen LogP contribution in [0.25, 0.3) is 16.9 Å². The fourth-order valence-corrected chi connectivity index (χ4v) is 3.65. The van der Waals surface area contributed by atoms with Gasteiger partial charge in [-0.15, -0.1) is 6.58 Å². The molecule has 7 nitrogen and oxygen atoms in total. The van der Waals surface area contributed by atoms with Crippen molar-refractivity contribution >= 4 is 11.0 Å². The average Bonchev–Trinajstić information content (AvgIpc) is 3.11. The van der Waals surface area contributed by atoms with E-state index in [1.54, 1.807) is 25.1 Å². The van der Waals surface area contributed by atoms with Gasteiger partial charge in [-0.2, -0.15) is 0 Å². The van der Waals surface area contributed by atoms with Gasteiger partial charge in [0.25, 0.3) is 11.5 Å². The second-order valence-electron chi connectivity index (χ2n) is 7.07. The van der Waals surface area contributed by atoms with E-state index in [1.165, 1.54) is 15.6 Å². The Morgan fingerprint density at radius 1 is 1.39 bits per heavy atom. The average molecular weight is 387 g/mol. The normalized spacial score (nSPS) is 19.2. The van der Waals surface area contributed by atoms with E-state index in [0.29, 0.717) is 30.4 Å². The summed E-state index contributed by atoms with van der Waals surface area (Å²) >= 11 is 0. The summed E-state index contributed by atoms with van der Waals surface area (Å²) < 4.78 is 31.1. The molecule has 1 N–H and O–H groups in total. The number of nitrogens with zero attached hydrogens (tertiary/aromatic N) is 5. The van der Waals surface area contributed by atoms with Gasteiger partial charge in [-0.05, 0) is 31.4 Å². The fraction of sp³-hybridized carbons (Fsp3) is 0.368. The first-order valence-electron chi connectivity index (χ1n) is 8.84. The zero-order valence-electron chi connectivity index (χ0n) is 15.5. The second-order valence-corrected chi connectivity index (χ2v) is 7.07. The Labute approximate surface area is 159 Å². The number of hydrogen-bond acceptors (Lipinski definition) is 5. The van der Waals surface area contributed by atoms with Crippen molar-refractivity contribution < 1.29 is 13.9 Å². The molecule has 0 aliphatic heterocycles. The summed E-state index contributed by atoms with van der Waals surface area (Å²) in [5, 5.41) is 10.9. The third kappa shape index (κ3) is 2.50. The number of hydrogen-bond donors (Lipinski definition) is 1. The van der Waals surface area contributed by atoms with Crippen LogP contribution in [-0.2, 0) is 18.6 Å². The molecule has 3 aromatic heterocycles. The van der Waals surface area contributed by atoms with Gasteiger partial charge in [0, 0.05) is 13.1 Å². The number of aryl methyl sites for hydroxylation is 2. The molecule has 9 heteroatoms. The number of allylic oxidation sites excluding steroid dienone is 1. The van der Waals surface area contributed by atoms with Crippen LogP contribution in [0.4, 0.5) is 8.78 Å². The van der Waals surface area contributed by atoms with Crippen LogP contribution in [0.5, 0.6) is 0 Å². The smallest absolute Gasteiger partial charge is 0.279 e. The number of fused-ring (bicyclic) bond motifs is 2. The number of halogens is 2. The molecule has 3 heterocycles. The minimum absolute atomic E-state index is 0.0669. The van der Waals surface area contributed by atoms with Crippen LogP contribution < -0.4 is 5.56 Å². The molecule has 0 spiro atoms. The lowest BCUT2D eigenvalue weighted by molar-refractivity contribution is -0.176. The standard InChI is InChI=1S/C19H19F2N5O2/c1-4-9-25-17(27)13-10-22-11(2)23-16(13)26(25)14-6-5-12-7-8-19(28,15(12)24-14)18(3,20)21/h4-6,10,28H,1,7-9H2,2-3H3. The maximum absolute atomic E-state index is 14.1. The summed E-state index contributed by atoms with van der Waals surface area (Å²) in [6.45, 7) is 6.20. The van der Waals surface area contributed by atoms with E-state index in [9.17, 15) is 18.7 Å². The third-order valence-electron chi connectivity index (χ3n) is 5.15. The van der Waals surface area contributed by atoms with Gasteiger partial charge < -0.3 is 5.11 Å². The Kier molecular flexibility index (Phi) is 3.97. The lowest BCUT2D eigenvalue weighted by Gasteiger charge is -2.29. The molecule has 0 saturated carbocycles. The predicted molar refractivity (Wildman–Crippen MR) is 98.7 cm³/mol. The first kappa shape index (κ1) is 18.4. The van der Waals surface area contributed by atoms with E-state index in [1.807, 2.05) is 0 Å². The molecule has 1 aliphatic carbocycles. The molecule has 1 aliphatic rings. The Morgan fingerprint density at radius 3 is 2.82 bits per heavy atom. The number of rotatable bonds is 4. The van der Waals surface area contributed by atoms with Crippen LogP contribution in [0.2, 0.25) is 0 Å². The molecule has 0 saturated heterocycles. The van der Waals surface area contributed by atoms with Crippen LogP contribution in [0.15, 0.2) is 35.8 Å². The van der Waals surface area contributed by atoms with Gasteiger partial charge >= 0.3 is 0 Å². The highest BCUT2D eigenvalue weighted by atomic mass is 19.3. The Balaban J connectivity index is 2.01. The van der Waals surface area contributed by atoms with Crippen molar-refractivity contribution in [2.45, 2.75) is 44.8 Å². The van der Waals surface area contributed by atoms with Crippen molar-refractivity contribution in [3.8, 4) is 5.82 Å². The van der Waals surface area contributed by atoms with Crippen molar-refractivity contribution in [3.63, 3.8) is 0 Å². The molecule has 0 fully saturated rings. The van der Waals surface area contributed by atoms with Crippen molar-refractivity contribution in [1.82, 2.24) is 24.3 Å². The topological polar surface area (TPSA) is 85.8 Å². The van der Waals surface area contributed by atoms with Crippen LogP contribution in [0.3, 0.4) is 0 Å². The maximum atomic E-state index is 14.1. The van der Waals surface area contributed by atoms with Crippen molar-refractivity contribution in [3.05, 3.63) is 58.4 Å². The van der Waals surface area contributed by atoms with E-state index in [2.05, 4.69) is 21.5 Å². The number of alkyl halides is 2. The first-order chi connectivity index (χ1) is 13.2. The SMILES string of the molecule is C=CCn1c(=O)c2cnc(C)nc2n1-c1ccc2c(n1)C(O)(C(C)(F)F)CC2. The van der Waals surface area contributed by atoms with E-state index in [0.717, 1.165) is 0 Å². The Bertz CT molecular complexity index is 1160. The Morgan fingerprint density at radius 2 is 2.14 bits per heavy atom. The highest BCUT2D eigenvalue weighted by Crippen LogP contribution is 2.46. The lowest BCUT2D eigenvalue weighted by atomic mass is 9.94. The summed E-state index contributed by atoms with van der Waals surface area (Å²) in [6.07, 6.45) is 3.16.